The third-order valence-electron chi connectivity index (χ3n) is 2.18. The monoisotopic (exact) mass is 307 g/mol. The van der Waals surface area contributed by atoms with Crippen molar-refractivity contribution in [3.05, 3.63) is 21.9 Å². The average Bonchev–Trinajstić information content (AvgIpc) is 2.36. The molecule has 1 aromatic heterocycles. The van der Waals surface area contributed by atoms with Crippen LogP contribution in [0.25, 0.3) is 0 Å². The Morgan fingerprint density at radius 1 is 1.47 bits per heavy atom. The number of nitrogens with zero attached hydrogens (tertiary/aromatic N) is 2. The van der Waals surface area contributed by atoms with Crippen LogP contribution in [0.2, 0.25) is 10.3 Å². The molecule has 7 nitrogen and oxygen atoms in total. The topological polar surface area (TPSA) is 101 Å². The Balaban J connectivity index is 2.81. The Kier molecular flexibility index (Phi) is 5.94. The van der Waals surface area contributed by atoms with Crippen LogP contribution in [0.5, 0.6) is 0 Å². The SMILES string of the molecule is COCCC(NC(=O)c1cc(Cl)nnc1Cl)C(=O)O. The Hall–Kier alpha value is -1.44. The van der Waals surface area contributed by atoms with E-state index in [-0.39, 0.29) is 28.9 Å². The number of carbonyl (C=O) groups is 2. The van der Waals surface area contributed by atoms with Gasteiger partial charge < -0.3 is 15.2 Å². The lowest BCUT2D eigenvalue weighted by Gasteiger charge is -2.14. The van der Waals surface area contributed by atoms with Gasteiger partial charge in [-0.3, -0.25) is 4.79 Å². The molecule has 9 heteroatoms. The number of rotatable bonds is 6. The fraction of sp³-hybridized carbons (Fsp3) is 0.400. The van der Waals surface area contributed by atoms with Crippen molar-refractivity contribution < 1.29 is 19.4 Å². The molecule has 0 saturated carbocycles. The summed E-state index contributed by atoms with van der Waals surface area (Å²) in [4.78, 5) is 22.8. The molecule has 0 aliphatic rings. The maximum Gasteiger partial charge on any atom is 0.326 e. The van der Waals surface area contributed by atoms with Gasteiger partial charge in [-0.05, 0) is 6.07 Å². The number of methoxy groups -OCH3 is 1. The Bertz CT molecular complexity index is 484. The first kappa shape index (κ1) is 15.6. The van der Waals surface area contributed by atoms with Crippen molar-refractivity contribution in [3.8, 4) is 0 Å². The Morgan fingerprint density at radius 2 is 2.16 bits per heavy atom. The van der Waals surface area contributed by atoms with Crippen LogP contribution in [0, 0.1) is 0 Å². The lowest BCUT2D eigenvalue weighted by Crippen LogP contribution is -2.41. The van der Waals surface area contributed by atoms with Crippen LogP contribution in [0.15, 0.2) is 6.07 Å². The molecular weight excluding hydrogens is 297 g/mol. The largest absolute Gasteiger partial charge is 0.480 e. The van der Waals surface area contributed by atoms with Crippen LogP contribution in [0.4, 0.5) is 0 Å². The first-order valence-electron chi connectivity index (χ1n) is 5.17. The number of nitrogens with one attached hydrogen (secondary N) is 1. The summed E-state index contributed by atoms with van der Waals surface area (Å²) in [6.45, 7) is 0.195. The van der Waals surface area contributed by atoms with Crippen LogP contribution < -0.4 is 5.32 Å². The van der Waals surface area contributed by atoms with Crippen molar-refractivity contribution in [2.24, 2.45) is 0 Å². The molecule has 19 heavy (non-hydrogen) atoms. The van der Waals surface area contributed by atoms with Gasteiger partial charge in [-0.1, -0.05) is 23.2 Å². The van der Waals surface area contributed by atoms with E-state index in [1.54, 1.807) is 0 Å². The van der Waals surface area contributed by atoms with Crippen LogP contribution >= 0.6 is 23.2 Å². The summed E-state index contributed by atoms with van der Waals surface area (Å²) >= 11 is 11.3. The van der Waals surface area contributed by atoms with Crippen molar-refractivity contribution in [1.82, 2.24) is 15.5 Å². The number of carboxylic acids is 1. The molecule has 1 aromatic rings. The van der Waals surface area contributed by atoms with E-state index >= 15 is 0 Å². The van der Waals surface area contributed by atoms with E-state index in [4.69, 9.17) is 33.0 Å². The van der Waals surface area contributed by atoms with Crippen LogP contribution in [-0.4, -0.2) is 46.9 Å². The smallest absolute Gasteiger partial charge is 0.326 e. The molecule has 1 atom stereocenters. The molecule has 0 bridgehead atoms. The average molecular weight is 308 g/mol. The fourth-order valence-electron chi connectivity index (χ4n) is 1.24. The van der Waals surface area contributed by atoms with E-state index in [2.05, 4.69) is 15.5 Å². The molecule has 0 saturated heterocycles. The highest BCUT2D eigenvalue weighted by Gasteiger charge is 2.22. The molecule has 104 valence electrons. The molecule has 2 N–H and O–H groups in total. The van der Waals surface area contributed by atoms with Crippen LogP contribution in [0.3, 0.4) is 0 Å². The highest BCUT2D eigenvalue weighted by atomic mass is 35.5. The van der Waals surface area contributed by atoms with E-state index in [1.807, 2.05) is 0 Å². The number of hydrogen-bond acceptors (Lipinski definition) is 5. The number of aromatic nitrogens is 2. The number of ether oxygens (including phenoxy) is 1. The zero-order valence-corrected chi connectivity index (χ0v) is 11.4. The zero-order valence-electron chi connectivity index (χ0n) is 9.89. The first-order valence-corrected chi connectivity index (χ1v) is 5.92. The van der Waals surface area contributed by atoms with Crippen LogP contribution in [-0.2, 0) is 9.53 Å². The molecule has 1 heterocycles. The molecule has 0 aromatic carbocycles. The highest BCUT2D eigenvalue weighted by Crippen LogP contribution is 2.15. The number of amides is 1. The van der Waals surface area contributed by atoms with E-state index in [1.165, 1.54) is 13.2 Å². The van der Waals surface area contributed by atoms with Gasteiger partial charge in [0.25, 0.3) is 5.91 Å². The van der Waals surface area contributed by atoms with Gasteiger partial charge in [-0.15, -0.1) is 10.2 Å². The standard InChI is InChI=1S/C10H11Cl2N3O4/c1-19-3-2-6(10(17)18)13-9(16)5-4-7(11)14-15-8(5)12/h4,6H,2-3H2,1H3,(H,13,16)(H,17,18). The van der Waals surface area contributed by atoms with E-state index in [0.29, 0.717) is 0 Å². The van der Waals surface area contributed by atoms with E-state index in [9.17, 15) is 9.59 Å². The third kappa shape index (κ3) is 4.62. The maximum absolute atomic E-state index is 11.9. The highest BCUT2D eigenvalue weighted by molar-refractivity contribution is 6.34. The van der Waals surface area contributed by atoms with E-state index < -0.39 is 17.9 Å². The van der Waals surface area contributed by atoms with Gasteiger partial charge >= 0.3 is 5.97 Å². The second-order valence-electron chi connectivity index (χ2n) is 3.52. The van der Waals surface area contributed by atoms with Crippen LogP contribution in [0.1, 0.15) is 16.8 Å². The molecule has 0 aliphatic heterocycles. The summed E-state index contributed by atoms with van der Waals surface area (Å²) in [6, 6.07) is 0.122. The number of carbonyl (C=O) groups excluding carboxylic acids is 1. The summed E-state index contributed by atoms with van der Waals surface area (Å²) in [6.07, 6.45) is 0.126. The number of carboxylic acid groups (broad SMARTS) is 1. The number of hydrogen-bond donors (Lipinski definition) is 2. The van der Waals surface area contributed by atoms with Gasteiger partial charge in [-0.25, -0.2) is 4.79 Å². The number of aliphatic carboxylic acids is 1. The van der Waals surface area contributed by atoms with Gasteiger partial charge in [0.1, 0.15) is 6.04 Å². The van der Waals surface area contributed by atoms with Crippen molar-refractivity contribution in [2.45, 2.75) is 12.5 Å². The molecule has 0 radical (unpaired) electrons. The first-order chi connectivity index (χ1) is 8.95. The van der Waals surface area contributed by atoms with Gasteiger partial charge in [0.2, 0.25) is 0 Å². The molecule has 1 rings (SSSR count). The summed E-state index contributed by atoms with van der Waals surface area (Å²) in [7, 11) is 1.43. The maximum atomic E-state index is 11.9. The second-order valence-corrected chi connectivity index (χ2v) is 4.26. The molecule has 0 aliphatic carbocycles. The van der Waals surface area contributed by atoms with Crippen molar-refractivity contribution in [3.63, 3.8) is 0 Å². The molecule has 1 unspecified atom stereocenters. The third-order valence-corrected chi connectivity index (χ3v) is 2.64. The van der Waals surface area contributed by atoms with Gasteiger partial charge in [0.15, 0.2) is 10.3 Å². The minimum Gasteiger partial charge on any atom is -0.480 e. The van der Waals surface area contributed by atoms with Crippen molar-refractivity contribution in [2.75, 3.05) is 13.7 Å². The summed E-state index contributed by atoms with van der Waals surface area (Å²) in [5.74, 6) is -1.86. The van der Waals surface area contributed by atoms with Gasteiger partial charge in [0, 0.05) is 20.1 Å². The quantitative estimate of drug-likeness (QED) is 0.813. The lowest BCUT2D eigenvalue weighted by molar-refractivity contribution is -0.139. The molecule has 1 amide bonds. The Labute approximate surface area is 118 Å². The molecule has 0 spiro atoms. The summed E-state index contributed by atoms with van der Waals surface area (Å²) in [5, 5.41) is 18.0. The minimum atomic E-state index is -1.17. The van der Waals surface area contributed by atoms with E-state index in [0.717, 1.165) is 0 Å². The number of halogens is 2. The summed E-state index contributed by atoms with van der Waals surface area (Å²) < 4.78 is 4.77. The normalized spacial score (nSPS) is 11.9. The fourth-order valence-corrected chi connectivity index (χ4v) is 1.57. The van der Waals surface area contributed by atoms with Crippen molar-refractivity contribution >= 4 is 35.1 Å². The second kappa shape index (κ2) is 7.22. The summed E-state index contributed by atoms with van der Waals surface area (Å²) in [5.41, 5.74) is -0.0367. The zero-order chi connectivity index (χ0) is 14.4. The lowest BCUT2D eigenvalue weighted by atomic mass is 10.2. The minimum absolute atomic E-state index is 0.0154. The molecular formula is C10H11Cl2N3O4. The Morgan fingerprint density at radius 3 is 2.74 bits per heavy atom. The van der Waals surface area contributed by atoms with Gasteiger partial charge in [0.05, 0.1) is 5.56 Å². The van der Waals surface area contributed by atoms with Crippen molar-refractivity contribution in [1.29, 1.82) is 0 Å². The molecule has 0 fully saturated rings. The predicted octanol–water partition coefficient (Wildman–Crippen LogP) is 1.00. The predicted molar refractivity (Wildman–Crippen MR) is 67.4 cm³/mol. The van der Waals surface area contributed by atoms with Gasteiger partial charge in [-0.2, -0.15) is 0 Å².